The van der Waals surface area contributed by atoms with Crippen LogP contribution in [-0.2, 0) is 41.6 Å². The van der Waals surface area contributed by atoms with Gasteiger partial charge in [-0.05, 0) is 66.2 Å². The molecule has 0 heterocycles. The van der Waals surface area contributed by atoms with Crippen LogP contribution in [0.2, 0.25) is 0 Å². The van der Waals surface area contributed by atoms with Crippen LogP contribution in [0.1, 0.15) is 130 Å². The molecular weight excluding hydrogens is 598 g/mol. The summed E-state index contributed by atoms with van der Waals surface area (Å²) in [4.78, 5) is 41.3. The molecule has 43 heavy (non-hydrogen) atoms. The lowest BCUT2D eigenvalue weighted by molar-refractivity contribution is -0.144. The summed E-state index contributed by atoms with van der Waals surface area (Å²) in [5.74, 6) is -0.718. The molecule has 0 fully saturated rings. The number of carbonyl (C=O) groups excluding carboxylic acids is 2. The van der Waals surface area contributed by atoms with Gasteiger partial charge in [-0.3, -0.25) is 9.05 Å². The molecule has 2 unspecified atom stereocenters. The van der Waals surface area contributed by atoms with E-state index in [0.29, 0.717) is 24.0 Å². The number of phosphoric ester groups is 1. The van der Waals surface area contributed by atoms with E-state index in [-0.39, 0.29) is 37.4 Å². The smallest absolute Gasteiger partial charge is 0.459 e. The first-order valence-electron chi connectivity index (χ1n) is 15.5. The third-order valence-electron chi connectivity index (χ3n) is 6.53. The molecule has 13 heteroatoms. The Hall–Kier alpha value is -1.32. The average molecular weight is 655 g/mol. The second-order valence-corrected chi connectivity index (χ2v) is 14.3. The van der Waals surface area contributed by atoms with E-state index in [2.05, 4.69) is 17.5 Å². The van der Waals surface area contributed by atoms with Crippen molar-refractivity contribution < 1.29 is 51.3 Å². The zero-order chi connectivity index (χ0) is 32.7. The van der Waals surface area contributed by atoms with E-state index >= 15 is 0 Å². The fourth-order valence-electron chi connectivity index (χ4n) is 4.09. The fourth-order valence-corrected chi connectivity index (χ4v) is 6.29. The molecule has 0 rings (SSSR count). The highest BCUT2D eigenvalue weighted by Crippen LogP contribution is 2.61. The Morgan fingerprint density at radius 2 is 0.907 bits per heavy atom. The molecular formula is C30H56O11P2. The third kappa shape index (κ3) is 25.7. The van der Waals surface area contributed by atoms with Crippen LogP contribution in [-0.4, -0.2) is 47.1 Å². The molecule has 0 amide bonds. The molecule has 2 N–H and O–H groups in total. The van der Waals surface area contributed by atoms with E-state index in [4.69, 9.17) is 28.3 Å². The van der Waals surface area contributed by atoms with E-state index < -0.39 is 15.6 Å². The summed E-state index contributed by atoms with van der Waals surface area (Å²) in [6.07, 6.45) is 14.0. The van der Waals surface area contributed by atoms with Gasteiger partial charge in [0, 0.05) is 11.1 Å². The van der Waals surface area contributed by atoms with Crippen molar-refractivity contribution in [3.63, 3.8) is 0 Å². The Bertz CT molecular complexity index is 858. The summed E-state index contributed by atoms with van der Waals surface area (Å²) in [6.45, 7) is 14.2. The molecule has 0 spiro atoms. The third-order valence-corrected chi connectivity index (χ3v) is 9.18. The van der Waals surface area contributed by atoms with Crippen LogP contribution in [0.4, 0.5) is 0 Å². The monoisotopic (exact) mass is 654 g/mol. The minimum absolute atomic E-state index is 0.00783. The van der Waals surface area contributed by atoms with Crippen LogP contribution >= 0.6 is 15.6 Å². The SMILES string of the molecule is C=C(C)C(=O)OC(C)CCCCCCCCCOP(=O)(OCCCCCCCCCC(C)OC(=O)C(=C)C)OP(=O)(O)O. The zero-order valence-electron chi connectivity index (χ0n) is 26.8. The van der Waals surface area contributed by atoms with E-state index in [1.807, 2.05) is 13.8 Å². The molecule has 0 radical (unpaired) electrons. The lowest BCUT2D eigenvalue weighted by Crippen LogP contribution is -2.15. The number of carbonyl (C=O) groups is 2. The van der Waals surface area contributed by atoms with Crippen LogP contribution < -0.4 is 0 Å². The van der Waals surface area contributed by atoms with Gasteiger partial charge in [0.15, 0.2) is 0 Å². The summed E-state index contributed by atoms with van der Waals surface area (Å²) < 4.78 is 49.3. The van der Waals surface area contributed by atoms with Gasteiger partial charge in [0.25, 0.3) is 0 Å². The molecule has 0 bridgehead atoms. The molecule has 0 aliphatic carbocycles. The minimum atomic E-state index is -5.06. The maximum absolute atomic E-state index is 12.7. The maximum Gasteiger partial charge on any atom is 0.483 e. The lowest BCUT2D eigenvalue weighted by Gasteiger charge is -2.18. The highest BCUT2D eigenvalue weighted by atomic mass is 31.3. The summed E-state index contributed by atoms with van der Waals surface area (Å²) in [7, 11) is -9.44. The number of unbranched alkanes of at least 4 members (excludes halogenated alkanes) is 12. The number of rotatable bonds is 28. The Kier molecular flexibility index (Phi) is 23.2. The van der Waals surface area contributed by atoms with Crippen LogP contribution in [0.3, 0.4) is 0 Å². The molecule has 2 atom stereocenters. The molecule has 252 valence electrons. The van der Waals surface area contributed by atoms with Crippen LogP contribution in [0, 0.1) is 0 Å². The predicted molar refractivity (Wildman–Crippen MR) is 167 cm³/mol. The van der Waals surface area contributed by atoms with E-state index in [1.54, 1.807) is 13.8 Å². The van der Waals surface area contributed by atoms with Crippen LogP contribution in [0.25, 0.3) is 0 Å². The Morgan fingerprint density at radius 1 is 0.605 bits per heavy atom. The quantitative estimate of drug-likeness (QED) is 0.0361. The van der Waals surface area contributed by atoms with Gasteiger partial charge in [-0.2, -0.15) is 4.31 Å². The van der Waals surface area contributed by atoms with E-state index in [0.717, 1.165) is 89.9 Å². The van der Waals surface area contributed by atoms with Crippen molar-refractivity contribution >= 4 is 27.6 Å². The van der Waals surface area contributed by atoms with Gasteiger partial charge in [-0.15, -0.1) is 0 Å². The number of ether oxygens (including phenoxy) is 2. The van der Waals surface area contributed by atoms with Crippen LogP contribution in [0.15, 0.2) is 24.3 Å². The second-order valence-electron chi connectivity index (χ2n) is 11.2. The van der Waals surface area contributed by atoms with Crippen molar-refractivity contribution in [1.82, 2.24) is 0 Å². The van der Waals surface area contributed by atoms with Gasteiger partial charge in [0.2, 0.25) is 0 Å². The number of hydrogen-bond donors (Lipinski definition) is 2. The Balaban J connectivity index is 3.98. The van der Waals surface area contributed by atoms with Gasteiger partial charge in [-0.25, -0.2) is 18.7 Å². The fraction of sp³-hybridized carbons (Fsp3) is 0.800. The topological polar surface area (TPSA) is 155 Å². The Morgan fingerprint density at radius 3 is 1.21 bits per heavy atom. The zero-order valence-corrected chi connectivity index (χ0v) is 28.5. The standard InChI is InChI=1S/C30H56O11P2/c1-25(2)29(31)39-27(5)21-17-13-9-7-11-15-19-23-37-43(36,41-42(33,34)35)38-24-20-16-12-8-10-14-18-22-28(6)40-30(32)26(3)4/h27-28H,1,3,7-24H2,2,4-6H3,(H2,33,34,35). The van der Waals surface area contributed by atoms with Gasteiger partial charge in [-0.1, -0.05) is 77.4 Å². The van der Waals surface area contributed by atoms with Gasteiger partial charge in [0.1, 0.15) is 0 Å². The van der Waals surface area contributed by atoms with E-state index in [9.17, 15) is 18.7 Å². The van der Waals surface area contributed by atoms with Crippen molar-refractivity contribution in [1.29, 1.82) is 0 Å². The Labute approximate surface area is 259 Å². The first-order chi connectivity index (χ1) is 20.1. The molecule has 0 aliphatic rings. The first kappa shape index (κ1) is 41.7. The van der Waals surface area contributed by atoms with Crippen LogP contribution in [0.5, 0.6) is 0 Å². The molecule has 0 aromatic heterocycles. The average Bonchev–Trinajstić information content (AvgIpc) is 2.89. The van der Waals surface area contributed by atoms with Gasteiger partial charge >= 0.3 is 27.6 Å². The maximum atomic E-state index is 12.7. The number of phosphoric acid groups is 2. The number of hydrogen-bond acceptors (Lipinski definition) is 9. The van der Waals surface area contributed by atoms with Crippen molar-refractivity contribution in [2.24, 2.45) is 0 Å². The van der Waals surface area contributed by atoms with Gasteiger partial charge in [0.05, 0.1) is 25.4 Å². The highest BCUT2D eigenvalue weighted by Gasteiger charge is 2.35. The number of esters is 2. The van der Waals surface area contributed by atoms with Crippen molar-refractivity contribution in [3.05, 3.63) is 24.3 Å². The summed E-state index contributed by atoms with van der Waals surface area (Å²) in [5.41, 5.74) is 0.795. The molecule has 0 aromatic carbocycles. The predicted octanol–water partition coefficient (Wildman–Crippen LogP) is 8.49. The molecule has 0 aromatic rings. The second kappa shape index (κ2) is 24.0. The lowest BCUT2D eigenvalue weighted by atomic mass is 10.1. The highest BCUT2D eigenvalue weighted by molar-refractivity contribution is 7.61. The van der Waals surface area contributed by atoms with Gasteiger partial charge < -0.3 is 19.3 Å². The largest absolute Gasteiger partial charge is 0.483 e. The molecule has 0 saturated carbocycles. The first-order valence-corrected chi connectivity index (χ1v) is 18.5. The summed E-state index contributed by atoms with van der Waals surface area (Å²) in [6, 6.07) is 0. The summed E-state index contributed by atoms with van der Waals surface area (Å²) >= 11 is 0. The normalized spacial score (nSPS) is 14.5. The van der Waals surface area contributed by atoms with E-state index in [1.165, 1.54) is 0 Å². The van der Waals surface area contributed by atoms with Crippen molar-refractivity contribution in [3.8, 4) is 0 Å². The molecule has 0 aliphatic heterocycles. The molecule has 0 saturated heterocycles. The summed E-state index contributed by atoms with van der Waals surface area (Å²) in [5, 5.41) is 0. The van der Waals surface area contributed by atoms with Crippen molar-refractivity contribution in [2.45, 2.75) is 143 Å². The molecule has 11 nitrogen and oxygen atoms in total. The minimum Gasteiger partial charge on any atom is -0.459 e. The van der Waals surface area contributed by atoms with Crippen molar-refractivity contribution in [2.75, 3.05) is 13.2 Å².